The van der Waals surface area contributed by atoms with Crippen molar-refractivity contribution < 1.29 is 25.2 Å². The van der Waals surface area contributed by atoms with Crippen LogP contribution >= 0.6 is 0 Å². The standard InChI is InChI=1S/C18H24O5.C2H6/c1-3-6-17-9-12(19)8-14(21)18(17,23)10(2)7-11-4-5-13(20)16(22)15(11)17;1-2/h4-5,10,14,20-23H,3,6-9H2,1-2H3;1-2H3. The van der Waals surface area contributed by atoms with E-state index in [-0.39, 0.29) is 36.0 Å². The van der Waals surface area contributed by atoms with Crippen molar-refractivity contribution in [1.82, 2.24) is 0 Å². The van der Waals surface area contributed by atoms with Gasteiger partial charge in [-0.3, -0.25) is 4.79 Å². The molecule has 3 rings (SSSR count). The fourth-order valence-electron chi connectivity index (χ4n) is 4.98. The van der Waals surface area contributed by atoms with Crippen molar-refractivity contribution in [2.24, 2.45) is 5.92 Å². The Morgan fingerprint density at radius 1 is 1.20 bits per heavy atom. The van der Waals surface area contributed by atoms with Gasteiger partial charge in [0.15, 0.2) is 11.5 Å². The molecule has 0 radical (unpaired) electrons. The van der Waals surface area contributed by atoms with Crippen LogP contribution in [0.1, 0.15) is 64.5 Å². The zero-order valence-corrected chi connectivity index (χ0v) is 15.5. The molecule has 0 bridgehead atoms. The van der Waals surface area contributed by atoms with Crippen LogP contribution in [0.5, 0.6) is 11.5 Å². The molecule has 0 spiro atoms. The van der Waals surface area contributed by atoms with Crippen molar-refractivity contribution in [3.05, 3.63) is 23.3 Å². The highest BCUT2D eigenvalue weighted by Crippen LogP contribution is 2.59. The summed E-state index contributed by atoms with van der Waals surface area (Å²) in [6, 6.07) is 3.18. The molecule has 0 saturated heterocycles. The monoisotopic (exact) mass is 350 g/mol. The fourth-order valence-corrected chi connectivity index (χ4v) is 4.98. The predicted molar refractivity (Wildman–Crippen MR) is 95.8 cm³/mol. The molecule has 0 aromatic heterocycles. The molecule has 5 heteroatoms. The summed E-state index contributed by atoms with van der Waals surface area (Å²) in [6.45, 7) is 7.82. The Bertz CT molecular complexity index is 656. The number of hydrogen-bond acceptors (Lipinski definition) is 5. The number of aromatic hydroxyl groups is 2. The van der Waals surface area contributed by atoms with Crippen LogP contribution in [0.3, 0.4) is 0 Å². The third kappa shape index (κ3) is 2.64. The summed E-state index contributed by atoms with van der Waals surface area (Å²) in [4.78, 5) is 12.2. The Hall–Kier alpha value is -1.59. The first-order valence-corrected chi connectivity index (χ1v) is 9.24. The maximum absolute atomic E-state index is 12.2. The summed E-state index contributed by atoms with van der Waals surface area (Å²) in [6.07, 6.45) is 0.463. The third-order valence-electron chi connectivity index (χ3n) is 5.87. The summed E-state index contributed by atoms with van der Waals surface area (Å²) >= 11 is 0. The molecule has 0 amide bonds. The Morgan fingerprint density at radius 3 is 2.44 bits per heavy atom. The molecule has 0 heterocycles. The predicted octanol–water partition coefficient (Wildman–Crippen LogP) is 2.81. The van der Waals surface area contributed by atoms with Crippen LogP contribution in [-0.4, -0.2) is 37.9 Å². The third-order valence-corrected chi connectivity index (χ3v) is 5.87. The number of phenolic OH excluding ortho intramolecular Hbond substituents is 2. The van der Waals surface area contributed by atoms with E-state index >= 15 is 0 Å². The lowest BCUT2D eigenvalue weighted by Crippen LogP contribution is -2.68. The van der Waals surface area contributed by atoms with E-state index in [9.17, 15) is 25.2 Å². The molecule has 2 aliphatic rings. The topological polar surface area (TPSA) is 98.0 Å². The summed E-state index contributed by atoms with van der Waals surface area (Å²) < 4.78 is 0. The maximum Gasteiger partial charge on any atom is 0.161 e. The van der Waals surface area contributed by atoms with Gasteiger partial charge in [-0.1, -0.05) is 40.2 Å². The number of phenols is 2. The number of hydrogen-bond donors (Lipinski definition) is 4. The number of ketones is 1. The van der Waals surface area contributed by atoms with Crippen LogP contribution in [0.25, 0.3) is 0 Å². The highest BCUT2D eigenvalue weighted by Gasteiger charge is 2.64. The van der Waals surface area contributed by atoms with Gasteiger partial charge in [0.1, 0.15) is 11.4 Å². The van der Waals surface area contributed by atoms with Crippen LogP contribution in [0.15, 0.2) is 12.1 Å². The largest absolute Gasteiger partial charge is 0.504 e. The molecule has 1 aromatic rings. The van der Waals surface area contributed by atoms with Crippen molar-refractivity contribution in [3.8, 4) is 11.5 Å². The van der Waals surface area contributed by atoms with Crippen molar-refractivity contribution in [2.75, 3.05) is 0 Å². The zero-order valence-electron chi connectivity index (χ0n) is 15.5. The van der Waals surface area contributed by atoms with Gasteiger partial charge in [-0.15, -0.1) is 0 Å². The average Bonchev–Trinajstić information content (AvgIpc) is 2.56. The molecule has 1 saturated carbocycles. The highest BCUT2D eigenvalue weighted by atomic mass is 16.3. The van der Waals surface area contributed by atoms with Gasteiger partial charge < -0.3 is 20.4 Å². The van der Waals surface area contributed by atoms with Gasteiger partial charge in [0.2, 0.25) is 0 Å². The van der Waals surface area contributed by atoms with E-state index < -0.39 is 17.1 Å². The van der Waals surface area contributed by atoms with Gasteiger partial charge >= 0.3 is 0 Å². The molecule has 0 aliphatic heterocycles. The molecule has 1 fully saturated rings. The minimum atomic E-state index is -1.49. The van der Waals surface area contributed by atoms with E-state index in [1.165, 1.54) is 6.07 Å². The zero-order chi connectivity index (χ0) is 19.0. The number of aliphatic hydroxyl groups excluding tert-OH is 1. The Labute approximate surface area is 149 Å². The van der Waals surface area contributed by atoms with E-state index in [0.29, 0.717) is 24.8 Å². The van der Waals surface area contributed by atoms with Crippen molar-refractivity contribution in [3.63, 3.8) is 0 Å². The van der Waals surface area contributed by atoms with Gasteiger partial charge in [-0.25, -0.2) is 0 Å². The van der Waals surface area contributed by atoms with Crippen LogP contribution in [0, 0.1) is 5.92 Å². The number of carbonyl (C=O) groups excluding carboxylic acids is 1. The number of fused-ring (bicyclic) bond motifs is 3. The first-order chi connectivity index (χ1) is 11.8. The van der Waals surface area contributed by atoms with Crippen LogP contribution in [-0.2, 0) is 16.6 Å². The van der Waals surface area contributed by atoms with Gasteiger partial charge in [0, 0.05) is 23.8 Å². The van der Waals surface area contributed by atoms with Crippen molar-refractivity contribution >= 4 is 5.78 Å². The smallest absolute Gasteiger partial charge is 0.161 e. The quantitative estimate of drug-likeness (QED) is 0.615. The molecule has 4 atom stereocenters. The minimum Gasteiger partial charge on any atom is -0.504 e. The lowest BCUT2D eigenvalue weighted by Gasteiger charge is -2.58. The van der Waals surface area contributed by atoms with Gasteiger partial charge in [0.25, 0.3) is 0 Å². The normalized spacial score (nSPS) is 33.8. The molecule has 1 aromatic carbocycles. The number of carbonyl (C=O) groups is 1. The Morgan fingerprint density at radius 2 is 1.84 bits per heavy atom. The van der Waals surface area contributed by atoms with Gasteiger partial charge in [-0.2, -0.15) is 0 Å². The van der Waals surface area contributed by atoms with Gasteiger partial charge in [0.05, 0.1) is 6.10 Å². The summed E-state index contributed by atoms with van der Waals surface area (Å²) in [5, 5.41) is 42.5. The average molecular weight is 350 g/mol. The van der Waals surface area contributed by atoms with Gasteiger partial charge in [-0.05, 0) is 30.4 Å². The Kier molecular flexibility index (Phi) is 5.50. The molecular weight excluding hydrogens is 320 g/mol. The second kappa shape index (κ2) is 6.96. The number of rotatable bonds is 2. The van der Waals surface area contributed by atoms with Crippen LogP contribution in [0.2, 0.25) is 0 Å². The molecular formula is C20H30O5. The second-order valence-corrected chi connectivity index (χ2v) is 7.17. The summed E-state index contributed by atoms with van der Waals surface area (Å²) in [7, 11) is 0. The summed E-state index contributed by atoms with van der Waals surface area (Å²) in [5.74, 6) is -0.918. The maximum atomic E-state index is 12.2. The first-order valence-electron chi connectivity index (χ1n) is 9.24. The number of benzene rings is 1. The SMILES string of the molecule is CC.CCCC12CC(=O)CC(O)C1(O)C(C)Cc1ccc(O)c(O)c12. The van der Waals surface area contributed by atoms with Crippen molar-refractivity contribution in [1.29, 1.82) is 0 Å². The molecule has 4 N–H and O–H groups in total. The van der Waals surface area contributed by atoms with E-state index in [1.807, 2.05) is 27.7 Å². The van der Waals surface area contributed by atoms with Crippen LogP contribution in [0.4, 0.5) is 0 Å². The van der Waals surface area contributed by atoms with E-state index in [2.05, 4.69) is 0 Å². The molecule has 5 nitrogen and oxygen atoms in total. The minimum absolute atomic E-state index is 0.0682. The van der Waals surface area contributed by atoms with E-state index in [1.54, 1.807) is 6.07 Å². The number of aliphatic hydroxyl groups is 2. The highest BCUT2D eigenvalue weighted by molar-refractivity contribution is 5.83. The number of Topliss-reactive ketones (excluding diaryl/α,β-unsaturated/α-hetero) is 1. The Balaban J connectivity index is 0.00000109. The second-order valence-electron chi connectivity index (χ2n) is 7.17. The molecule has 25 heavy (non-hydrogen) atoms. The van der Waals surface area contributed by atoms with Crippen LogP contribution < -0.4 is 0 Å². The lowest BCUT2D eigenvalue weighted by atomic mass is 9.48. The molecule has 2 aliphatic carbocycles. The van der Waals surface area contributed by atoms with E-state index in [4.69, 9.17) is 0 Å². The molecule has 140 valence electrons. The first kappa shape index (κ1) is 19.7. The summed E-state index contributed by atoms with van der Waals surface area (Å²) in [5.41, 5.74) is -1.29. The van der Waals surface area contributed by atoms with E-state index in [0.717, 1.165) is 5.56 Å². The fraction of sp³-hybridized carbons (Fsp3) is 0.650. The lowest BCUT2D eigenvalue weighted by molar-refractivity contribution is -0.191. The molecule has 4 unspecified atom stereocenters. The van der Waals surface area contributed by atoms with Crippen molar-refractivity contribution in [2.45, 2.75) is 76.9 Å².